The van der Waals surface area contributed by atoms with Crippen molar-refractivity contribution in [2.75, 3.05) is 7.11 Å². The highest BCUT2D eigenvalue weighted by molar-refractivity contribution is 7.89. The summed E-state index contributed by atoms with van der Waals surface area (Å²) in [6, 6.07) is 14.2. The minimum absolute atomic E-state index is 0.287. The first kappa shape index (κ1) is 18.5. The second kappa shape index (κ2) is 7.81. The standard InChI is InChI=1S/C19H25NO3S/c1-5-14(2)16-8-12-19(13-9-16)24(21,22)20-15(3)17-6-10-18(23-4)11-7-17/h6-15,20H,5H2,1-4H3. The van der Waals surface area contributed by atoms with Gasteiger partial charge in [-0.3, -0.25) is 0 Å². The summed E-state index contributed by atoms with van der Waals surface area (Å²) in [6.07, 6.45) is 1.03. The molecule has 0 aliphatic rings. The number of benzene rings is 2. The van der Waals surface area contributed by atoms with E-state index in [-0.39, 0.29) is 10.9 Å². The van der Waals surface area contributed by atoms with Crippen molar-refractivity contribution in [3.8, 4) is 5.75 Å². The molecule has 0 saturated carbocycles. The maximum Gasteiger partial charge on any atom is 0.241 e. The van der Waals surface area contributed by atoms with Crippen LogP contribution in [0.25, 0.3) is 0 Å². The van der Waals surface area contributed by atoms with Gasteiger partial charge in [0.15, 0.2) is 0 Å². The first-order valence-electron chi connectivity index (χ1n) is 8.13. The van der Waals surface area contributed by atoms with Crippen LogP contribution in [0.1, 0.15) is 50.3 Å². The molecule has 2 atom stereocenters. The average molecular weight is 347 g/mol. The van der Waals surface area contributed by atoms with Crippen molar-refractivity contribution in [3.05, 3.63) is 59.7 Å². The van der Waals surface area contributed by atoms with Gasteiger partial charge in [-0.2, -0.15) is 0 Å². The highest BCUT2D eigenvalue weighted by atomic mass is 32.2. The third kappa shape index (κ3) is 4.36. The van der Waals surface area contributed by atoms with Crippen LogP contribution in [0.4, 0.5) is 0 Å². The van der Waals surface area contributed by atoms with E-state index in [0.717, 1.165) is 23.3 Å². The predicted molar refractivity (Wildman–Crippen MR) is 96.9 cm³/mol. The molecular formula is C19H25NO3S. The molecule has 4 nitrogen and oxygen atoms in total. The van der Waals surface area contributed by atoms with E-state index >= 15 is 0 Å². The third-order valence-corrected chi connectivity index (χ3v) is 5.88. The zero-order valence-electron chi connectivity index (χ0n) is 14.6. The van der Waals surface area contributed by atoms with E-state index in [1.165, 1.54) is 0 Å². The van der Waals surface area contributed by atoms with Gasteiger partial charge in [0, 0.05) is 6.04 Å². The summed E-state index contributed by atoms with van der Waals surface area (Å²) < 4.78 is 32.9. The van der Waals surface area contributed by atoms with E-state index in [0.29, 0.717) is 5.92 Å². The smallest absolute Gasteiger partial charge is 0.241 e. The molecule has 0 aliphatic carbocycles. The van der Waals surface area contributed by atoms with Gasteiger partial charge in [-0.15, -0.1) is 0 Å². The van der Waals surface area contributed by atoms with Gasteiger partial charge in [0.2, 0.25) is 10.0 Å². The summed E-state index contributed by atoms with van der Waals surface area (Å²) >= 11 is 0. The SMILES string of the molecule is CCC(C)c1ccc(S(=O)(=O)NC(C)c2ccc(OC)cc2)cc1. The molecule has 2 unspecified atom stereocenters. The first-order valence-corrected chi connectivity index (χ1v) is 9.62. The van der Waals surface area contributed by atoms with Crippen molar-refractivity contribution in [3.63, 3.8) is 0 Å². The Morgan fingerprint density at radius 2 is 1.50 bits per heavy atom. The second-order valence-corrected chi connectivity index (χ2v) is 7.71. The van der Waals surface area contributed by atoms with Gasteiger partial charge in [0.1, 0.15) is 5.75 Å². The van der Waals surface area contributed by atoms with Gasteiger partial charge in [-0.1, -0.05) is 38.1 Å². The van der Waals surface area contributed by atoms with Crippen LogP contribution in [0.5, 0.6) is 5.75 Å². The molecule has 0 saturated heterocycles. The first-order chi connectivity index (χ1) is 11.4. The van der Waals surface area contributed by atoms with Gasteiger partial charge in [0.05, 0.1) is 12.0 Å². The molecule has 24 heavy (non-hydrogen) atoms. The van der Waals surface area contributed by atoms with Crippen molar-refractivity contribution in [1.82, 2.24) is 4.72 Å². The van der Waals surface area contributed by atoms with Crippen LogP contribution in [-0.2, 0) is 10.0 Å². The maximum absolute atomic E-state index is 12.6. The summed E-state index contributed by atoms with van der Waals surface area (Å²) in [7, 11) is -1.95. The Kier molecular flexibility index (Phi) is 6.02. The van der Waals surface area contributed by atoms with Crippen LogP contribution in [0, 0.1) is 0 Å². The van der Waals surface area contributed by atoms with E-state index < -0.39 is 10.0 Å². The fourth-order valence-corrected chi connectivity index (χ4v) is 3.70. The van der Waals surface area contributed by atoms with Gasteiger partial charge >= 0.3 is 0 Å². The van der Waals surface area contributed by atoms with Gasteiger partial charge in [-0.05, 0) is 54.7 Å². The Bertz CT molecular complexity index is 752. The lowest BCUT2D eigenvalue weighted by Crippen LogP contribution is -2.26. The molecule has 0 spiro atoms. The molecule has 5 heteroatoms. The molecule has 2 aromatic carbocycles. The van der Waals surface area contributed by atoms with Crippen molar-refractivity contribution in [1.29, 1.82) is 0 Å². The van der Waals surface area contributed by atoms with Crippen molar-refractivity contribution < 1.29 is 13.2 Å². The Hall–Kier alpha value is -1.85. The van der Waals surface area contributed by atoms with E-state index in [1.807, 2.05) is 43.3 Å². The number of hydrogen-bond donors (Lipinski definition) is 1. The summed E-state index contributed by atoms with van der Waals surface area (Å²) in [6.45, 7) is 6.08. The fourth-order valence-electron chi connectivity index (χ4n) is 2.47. The highest BCUT2D eigenvalue weighted by Crippen LogP contribution is 2.22. The molecule has 1 N–H and O–H groups in total. The number of sulfonamides is 1. The molecule has 0 radical (unpaired) electrons. The molecule has 2 rings (SSSR count). The summed E-state index contributed by atoms with van der Waals surface area (Å²) in [5.74, 6) is 1.17. The molecule has 0 amide bonds. The van der Waals surface area contributed by atoms with Crippen molar-refractivity contribution in [2.45, 2.75) is 44.0 Å². The summed E-state index contributed by atoms with van der Waals surface area (Å²) in [5.41, 5.74) is 2.04. The molecule has 0 aromatic heterocycles. The molecule has 0 heterocycles. The van der Waals surface area contributed by atoms with Gasteiger partial charge in [-0.25, -0.2) is 13.1 Å². The third-order valence-electron chi connectivity index (χ3n) is 4.32. The fraction of sp³-hybridized carbons (Fsp3) is 0.368. The maximum atomic E-state index is 12.6. The summed E-state index contributed by atoms with van der Waals surface area (Å²) in [4.78, 5) is 0.287. The zero-order chi connectivity index (χ0) is 17.7. The number of methoxy groups -OCH3 is 1. The van der Waals surface area contributed by atoms with Gasteiger partial charge in [0.25, 0.3) is 0 Å². The van der Waals surface area contributed by atoms with Crippen molar-refractivity contribution in [2.24, 2.45) is 0 Å². The number of hydrogen-bond acceptors (Lipinski definition) is 3. The Morgan fingerprint density at radius 1 is 0.958 bits per heavy atom. The van der Waals surface area contributed by atoms with Crippen LogP contribution in [-0.4, -0.2) is 15.5 Å². The van der Waals surface area contributed by atoms with Crippen LogP contribution >= 0.6 is 0 Å². The number of rotatable bonds is 7. The lowest BCUT2D eigenvalue weighted by molar-refractivity contribution is 0.414. The normalized spacial score (nSPS) is 14.2. The minimum atomic E-state index is -3.55. The lowest BCUT2D eigenvalue weighted by atomic mass is 9.99. The average Bonchev–Trinajstić information content (AvgIpc) is 2.60. The lowest BCUT2D eigenvalue weighted by Gasteiger charge is -2.16. The molecule has 130 valence electrons. The van der Waals surface area contributed by atoms with Gasteiger partial charge < -0.3 is 4.74 Å². The monoisotopic (exact) mass is 347 g/mol. The van der Waals surface area contributed by atoms with Crippen molar-refractivity contribution >= 4 is 10.0 Å². The molecule has 2 aromatic rings. The number of nitrogens with one attached hydrogen (secondary N) is 1. The molecule has 0 fully saturated rings. The van der Waals surface area contributed by atoms with E-state index in [1.54, 1.807) is 19.2 Å². The zero-order valence-corrected chi connectivity index (χ0v) is 15.4. The van der Waals surface area contributed by atoms with E-state index in [4.69, 9.17) is 4.74 Å². The Morgan fingerprint density at radius 3 is 2.00 bits per heavy atom. The highest BCUT2D eigenvalue weighted by Gasteiger charge is 2.18. The topological polar surface area (TPSA) is 55.4 Å². The predicted octanol–water partition coefficient (Wildman–Crippen LogP) is 4.25. The van der Waals surface area contributed by atoms with Crippen LogP contribution in [0.15, 0.2) is 53.4 Å². The van der Waals surface area contributed by atoms with Crippen LogP contribution in [0.3, 0.4) is 0 Å². The Labute approximate surface area is 144 Å². The quantitative estimate of drug-likeness (QED) is 0.815. The van der Waals surface area contributed by atoms with E-state index in [2.05, 4.69) is 18.6 Å². The van der Waals surface area contributed by atoms with E-state index in [9.17, 15) is 8.42 Å². The molecule has 0 bridgehead atoms. The largest absolute Gasteiger partial charge is 0.497 e. The van der Waals surface area contributed by atoms with Crippen LogP contribution in [0.2, 0.25) is 0 Å². The van der Waals surface area contributed by atoms with Crippen LogP contribution < -0.4 is 9.46 Å². The molecule has 0 aliphatic heterocycles. The number of ether oxygens (including phenoxy) is 1. The summed E-state index contributed by atoms with van der Waals surface area (Å²) in [5, 5.41) is 0. The minimum Gasteiger partial charge on any atom is -0.497 e. The second-order valence-electron chi connectivity index (χ2n) is 5.99. The Balaban J connectivity index is 2.14. The molecular weight excluding hydrogens is 322 g/mol.